The third kappa shape index (κ3) is 9.02. The first-order valence-corrected chi connectivity index (χ1v) is 21.0. The molecular weight excluding hydrogens is 768 g/mol. The topological polar surface area (TPSA) is 85.9 Å². The van der Waals surface area contributed by atoms with Crippen LogP contribution >= 0.6 is 11.6 Å². The molecule has 7 rings (SSSR count). The van der Waals surface area contributed by atoms with E-state index in [2.05, 4.69) is 96.4 Å². The number of carbonyl (C=O) groups excluding carboxylic acids is 2. The Balaban J connectivity index is 0.000000205. The van der Waals surface area contributed by atoms with Crippen LogP contribution < -0.4 is 24.8 Å². The second-order valence-corrected chi connectivity index (χ2v) is 17.2. The van der Waals surface area contributed by atoms with Gasteiger partial charge in [-0.3, -0.25) is 9.59 Å². The molecule has 5 aromatic rings. The van der Waals surface area contributed by atoms with Crippen molar-refractivity contribution in [3.8, 4) is 28.4 Å². The number of fused-ring (bicyclic) bond motifs is 2. The molecule has 0 unspecified atom stereocenters. The fraction of sp³-hybridized carbons (Fsp3) is 0.308. The fourth-order valence-electron chi connectivity index (χ4n) is 7.93. The Morgan fingerprint density at radius 2 is 1.03 bits per heavy atom. The molecule has 0 saturated carbocycles. The fourth-order valence-corrected chi connectivity index (χ4v) is 8.25. The molecule has 0 aliphatic carbocycles. The van der Waals surface area contributed by atoms with E-state index in [-0.39, 0.29) is 11.8 Å². The van der Waals surface area contributed by atoms with Crippen molar-refractivity contribution >= 4 is 58.1 Å². The van der Waals surface area contributed by atoms with Gasteiger partial charge in [0.05, 0.1) is 32.0 Å². The summed E-state index contributed by atoms with van der Waals surface area (Å²) in [5, 5.41) is 6.51. The predicted molar refractivity (Wildman–Crippen MR) is 250 cm³/mol. The Morgan fingerprint density at radius 3 is 1.52 bits per heavy atom. The highest BCUT2D eigenvalue weighted by Crippen LogP contribution is 2.42. The van der Waals surface area contributed by atoms with Gasteiger partial charge in [-0.1, -0.05) is 91.3 Å². The lowest BCUT2D eigenvalue weighted by molar-refractivity contribution is -0.111. The van der Waals surface area contributed by atoms with Crippen molar-refractivity contribution in [3.05, 3.63) is 134 Å². The number of anilines is 2. The average Bonchev–Trinajstić information content (AvgIpc) is 3.70. The van der Waals surface area contributed by atoms with Crippen LogP contribution in [0, 0.1) is 6.92 Å². The molecule has 0 fully saturated rings. The van der Waals surface area contributed by atoms with Crippen molar-refractivity contribution in [3.63, 3.8) is 0 Å². The summed E-state index contributed by atoms with van der Waals surface area (Å²) >= 11 is 6.32. The number of rotatable bonds is 10. The summed E-state index contributed by atoms with van der Waals surface area (Å²) in [5.74, 6) is 3.75. The molecule has 8 heteroatoms. The summed E-state index contributed by atoms with van der Waals surface area (Å²) in [5.41, 5.74) is 14.3. The highest BCUT2D eigenvalue weighted by Gasteiger charge is 2.28. The zero-order valence-electron chi connectivity index (χ0n) is 36.9. The molecule has 5 aromatic carbocycles. The molecule has 0 atom stereocenters. The smallest absolute Gasteiger partial charge is 0.256 e. The largest absolute Gasteiger partial charge is 0.497 e. The van der Waals surface area contributed by atoms with Crippen LogP contribution in [0.25, 0.3) is 34.4 Å². The highest BCUT2D eigenvalue weighted by molar-refractivity contribution is 6.41. The molecule has 0 bridgehead atoms. The third-order valence-corrected chi connectivity index (χ3v) is 11.4. The van der Waals surface area contributed by atoms with Gasteiger partial charge >= 0.3 is 0 Å². The van der Waals surface area contributed by atoms with E-state index in [0.717, 1.165) is 84.1 Å². The second kappa shape index (κ2) is 18.2. The quantitative estimate of drug-likeness (QED) is 0.137. The number of hydrogen-bond donors (Lipinski definition) is 2. The molecule has 2 aliphatic heterocycles. The number of benzene rings is 5. The summed E-state index contributed by atoms with van der Waals surface area (Å²) in [6.45, 7) is 19.2. The minimum absolute atomic E-state index is 0.0826. The monoisotopic (exact) mass is 824 g/mol. The van der Waals surface area contributed by atoms with Crippen LogP contribution in [0.5, 0.6) is 17.2 Å². The summed E-state index contributed by atoms with van der Waals surface area (Å²) in [4.78, 5) is 25.5. The van der Waals surface area contributed by atoms with Gasteiger partial charge in [-0.25, -0.2) is 0 Å². The number of hydrogen-bond acceptors (Lipinski definition) is 5. The molecule has 0 saturated heterocycles. The van der Waals surface area contributed by atoms with E-state index in [1.165, 1.54) is 0 Å². The number of methoxy groups -OCH3 is 3. The summed E-state index contributed by atoms with van der Waals surface area (Å²) in [7, 11) is 5.11. The van der Waals surface area contributed by atoms with E-state index < -0.39 is 0 Å². The minimum Gasteiger partial charge on any atom is -0.497 e. The lowest BCUT2D eigenvalue weighted by atomic mass is 9.90. The zero-order valence-corrected chi connectivity index (χ0v) is 37.6. The molecule has 2 aliphatic rings. The van der Waals surface area contributed by atoms with Gasteiger partial charge in [-0.05, 0) is 147 Å². The van der Waals surface area contributed by atoms with Gasteiger partial charge in [0.1, 0.15) is 17.2 Å². The molecule has 60 heavy (non-hydrogen) atoms. The molecule has 0 radical (unpaired) electrons. The lowest BCUT2D eigenvalue weighted by Crippen LogP contribution is -2.04. The van der Waals surface area contributed by atoms with E-state index in [1.54, 1.807) is 21.3 Å². The number of carbonyl (C=O) groups is 2. The number of aryl methyl sites for hydroxylation is 1. The Bertz CT molecular complexity index is 2470. The maximum absolute atomic E-state index is 12.9. The maximum atomic E-state index is 12.9. The number of amides is 2. The van der Waals surface area contributed by atoms with Gasteiger partial charge in [0.15, 0.2) is 0 Å². The van der Waals surface area contributed by atoms with Crippen LogP contribution in [-0.2, 0) is 9.59 Å². The molecule has 7 nitrogen and oxygen atoms in total. The highest BCUT2D eigenvalue weighted by atomic mass is 35.5. The van der Waals surface area contributed by atoms with Crippen molar-refractivity contribution < 1.29 is 23.8 Å². The van der Waals surface area contributed by atoms with Crippen molar-refractivity contribution in [2.45, 2.75) is 86.0 Å². The van der Waals surface area contributed by atoms with Gasteiger partial charge in [0.2, 0.25) is 0 Å². The van der Waals surface area contributed by atoms with Gasteiger partial charge < -0.3 is 24.8 Å². The molecule has 0 aromatic heterocycles. The van der Waals surface area contributed by atoms with E-state index in [9.17, 15) is 9.59 Å². The van der Waals surface area contributed by atoms with Crippen molar-refractivity contribution in [2.75, 3.05) is 32.0 Å². The second-order valence-electron chi connectivity index (χ2n) is 16.8. The Hall–Kier alpha value is -5.79. The SMILES string of the molecule is COc1c(C(C)C)cc(C=C2C(=O)Nc3c(Cl)cc(C)cc32)cc1C(C)C.COc1cccc(-c2ccc3c(c2)NC(=O)C3=Cc2cc(C(C)C)c(OC)c(C(C)C)c2)c1. The Kier molecular flexibility index (Phi) is 13.3. The summed E-state index contributed by atoms with van der Waals surface area (Å²) in [6.07, 6.45) is 3.94. The standard InChI is InChI=1S/C29H31NO3.C23H26ClNO2/c1-17(2)24-12-19(13-25(18(3)4)28(24)33-6)14-26-23-11-10-21(16-27(23)30-29(26)31)20-8-7-9-22(15-20)32-5;1-12(2)16-9-15(10-17(13(3)4)22(16)27-6)11-19-18-7-14(5)8-20(24)21(18)25-23(19)26/h7-18H,1-6H3,(H,30,31);7-13H,1-6H3,(H,25,26). The van der Waals surface area contributed by atoms with Crippen molar-refractivity contribution in [1.82, 2.24) is 0 Å². The minimum atomic E-state index is -0.120. The van der Waals surface area contributed by atoms with Crippen LogP contribution in [0.2, 0.25) is 5.02 Å². The van der Waals surface area contributed by atoms with E-state index in [4.69, 9.17) is 25.8 Å². The first-order valence-electron chi connectivity index (χ1n) is 20.6. The molecule has 312 valence electrons. The van der Waals surface area contributed by atoms with Gasteiger partial charge in [0.25, 0.3) is 11.8 Å². The van der Waals surface area contributed by atoms with Crippen molar-refractivity contribution in [2.24, 2.45) is 0 Å². The van der Waals surface area contributed by atoms with Crippen LogP contribution in [0.3, 0.4) is 0 Å². The van der Waals surface area contributed by atoms with E-state index in [0.29, 0.717) is 45.5 Å². The normalized spacial score (nSPS) is 14.4. The van der Waals surface area contributed by atoms with Gasteiger partial charge in [-0.2, -0.15) is 0 Å². The molecule has 2 heterocycles. The van der Waals surface area contributed by atoms with Gasteiger partial charge in [0, 0.05) is 28.0 Å². The maximum Gasteiger partial charge on any atom is 0.256 e. The van der Waals surface area contributed by atoms with Crippen molar-refractivity contribution in [1.29, 1.82) is 0 Å². The van der Waals surface area contributed by atoms with Gasteiger partial charge in [-0.15, -0.1) is 0 Å². The number of ether oxygens (including phenoxy) is 3. The summed E-state index contributed by atoms with van der Waals surface area (Å²) < 4.78 is 16.8. The first-order chi connectivity index (χ1) is 28.5. The molecule has 2 amide bonds. The Labute approximate surface area is 360 Å². The Morgan fingerprint density at radius 1 is 0.550 bits per heavy atom. The first kappa shape index (κ1) is 43.8. The predicted octanol–water partition coefficient (Wildman–Crippen LogP) is 13.5. The van der Waals surface area contributed by atoms with Crippen LogP contribution in [0.1, 0.15) is 129 Å². The number of nitrogens with one attached hydrogen (secondary N) is 2. The molecule has 0 spiro atoms. The average molecular weight is 825 g/mol. The van der Waals surface area contributed by atoms with Crippen LogP contribution in [0.4, 0.5) is 11.4 Å². The molecular formula is C52H57ClN2O5. The van der Waals surface area contributed by atoms with Crippen LogP contribution in [-0.4, -0.2) is 33.1 Å². The third-order valence-electron chi connectivity index (χ3n) is 11.1. The molecule has 2 N–H and O–H groups in total. The van der Waals surface area contributed by atoms with E-state index >= 15 is 0 Å². The zero-order chi connectivity index (χ0) is 43.6. The summed E-state index contributed by atoms with van der Waals surface area (Å²) in [6, 6.07) is 26.4. The number of halogens is 1. The van der Waals surface area contributed by atoms with Crippen LogP contribution in [0.15, 0.2) is 78.9 Å². The van der Waals surface area contributed by atoms with E-state index in [1.807, 2.05) is 67.6 Å². The lowest BCUT2D eigenvalue weighted by Gasteiger charge is -2.19.